The average Bonchev–Trinajstić information content (AvgIpc) is 2.37. The Bertz CT molecular complexity index is 411. The van der Waals surface area contributed by atoms with Crippen LogP contribution in [0.3, 0.4) is 0 Å². The van der Waals surface area contributed by atoms with Crippen LogP contribution in [0.2, 0.25) is 0 Å². The fourth-order valence-corrected chi connectivity index (χ4v) is 3.03. The molecule has 2 heteroatoms. The van der Waals surface area contributed by atoms with Crippen LogP contribution in [-0.4, -0.2) is 36.1 Å². The first-order valence-electron chi connectivity index (χ1n) is 7.55. The number of rotatable bonds is 4. The second kappa shape index (κ2) is 6.06. The van der Waals surface area contributed by atoms with Gasteiger partial charge < -0.3 is 5.32 Å². The van der Waals surface area contributed by atoms with Crippen LogP contribution >= 0.6 is 0 Å². The summed E-state index contributed by atoms with van der Waals surface area (Å²) in [5.41, 5.74) is 3.16. The quantitative estimate of drug-likeness (QED) is 0.895. The van der Waals surface area contributed by atoms with E-state index in [0.717, 1.165) is 13.1 Å². The summed E-state index contributed by atoms with van der Waals surface area (Å²) >= 11 is 0. The minimum Gasteiger partial charge on any atom is -0.309 e. The molecule has 1 saturated heterocycles. The largest absolute Gasteiger partial charge is 0.309 e. The summed E-state index contributed by atoms with van der Waals surface area (Å²) in [5, 5.41) is 3.66. The maximum absolute atomic E-state index is 3.66. The van der Waals surface area contributed by atoms with Crippen LogP contribution < -0.4 is 5.32 Å². The summed E-state index contributed by atoms with van der Waals surface area (Å²) in [4.78, 5) is 2.67. The van der Waals surface area contributed by atoms with E-state index in [1.807, 2.05) is 0 Å². The first-order valence-corrected chi connectivity index (χ1v) is 7.55. The summed E-state index contributed by atoms with van der Waals surface area (Å²) in [6.07, 6.45) is 2.40. The molecule has 1 aromatic rings. The molecular weight excluding hydrogens is 232 g/mol. The molecule has 2 nitrogen and oxygen atoms in total. The van der Waals surface area contributed by atoms with Gasteiger partial charge in [-0.2, -0.15) is 0 Å². The van der Waals surface area contributed by atoms with Gasteiger partial charge in [-0.25, -0.2) is 0 Å². The molecule has 1 aliphatic heterocycles. The summed E-state index contributed by atoms with van der Waals surface area (Å²) in [7, 11) is 0. The first-order chi connectivity index (χ1) is 9.02. The van der Waals surface area contributed by atoms with E-state index in [1.165, 1.54) is 30.5 Å². The number of aryl methyl sites for hydroxylation is 1. The fourth-order valence-electron chi connectivity index (χ4n) is 3.03. The van der Waals surface area contributed by atoms with Crippen molar-refractivity contribution in [1.82, 2.24) is 10.2 Å². The third-order valence-electron chi connectivity index (χ3n) is 4.33. The molecule has 0 aromatic heterocycles. The Labute approximate surface area is 118 Å². The van der Waals surface area contributed by atoms with Crippen LogP contribution in [0.25, 0.3) is 0 Å². The summed E-state index contributed by atoms with van der Waals surface area (Å²) in [6, 6.07) is 9.46. The molecule has 2 rings (SSSR count). The standard InChI is InChI=1S/C17H28N2/c1-5-16-12-18-17(3,4)13-19(16)11-10-15-9-7-6-8-14(15)2/h6-9,16,18H,5,10-13H2,1-4H3. The molecule has 1 N–H and O–H groups in total. The van der Waals surface area contributed by atoms with E-state index in [9.17, 15) is 0 Å². The van der Waals surface area contributed by atoms with Crippen LogP contribution in [0.5, 0.6) is 0 Å². The lowest BCUT2D eigenvalue weighted by atomic mass is 9.96. The molecular formula is C17H28N2. The highest BCUT2D eigenvalue weighted by molar-refractivity contribution is 5.25. The molecule has 0 spiro atoms. The van der Waals surface area contributed by atoms with Gasteiger partial charge in [0, 0.05) is 31.2 Å². The van der Waals surface area contributed by atoms with Crippen molar-refractivity contribution in [3.8, 4) is 0 Å². The molecule has 19 heavy (non-hydrogen) atoms. The Balaban J connectivity index is 1.98. The normalized spacial score (nSPS) is 23.5. The molecule has 1 fully saturated rings. The van der Waals surface area contributed by atoms with Gasteiger partial charge in [-0.1, -0.05) is 31.2 Å². The molecule has 1 unspecified atom stereocenters. The lowest BCUT2D eigenvalue weighted by Gasteiger charge is -2.44. The van der Waals surface area contributed by atoms with Crippen molar-refractivity contribution >= 4 is 0 Å². The number of piperazine rings is 1. The van der Waals surface area contributed by atoms with E-state index in [-0.39, 0.29) is 5.54 Å². The second-order valence-electron chi connectivity index (χ2n) is 6.47. The Morgan fingerprint density at radius 1 is 1.32 bits per heavy atom. The maximum atomic E-state index is 3.66. The Morgan fingerprint density at radius 2 is 2.05 bits per heavy atom. The minimum absolute atomic E-state index is 0.247. The van der Waals surface area contributed by atoms with E-state index in [2.05, 4.69) is 62.2 Å². The highest BCUT2D eigenvalue weighted by Crippen LogP contribution is 2.18. The van der Waals surface area contributed by atoms with Gasteiger partial charge in [0.2, 0.25) is 0 Å². The zero-order valence-corrected chi connectivity index (χ0v) is 12.9. The van der Waals surface area contributed by atoms with Crippen molar-refractivity contribution < 1.29 is 0 Å². The van der Waals surface area contributed by atoms with Crippen molar-refractivity contribution in [2.75, 3.05) is 19.6 Å². The number of hydrogen-bond donors (Lipinski definition) is 1. The second-order valence-corrected chi connectivity index (χ2v) is 6.47. The summed E-state index contributed by atoms with van der Waals surface area (Å²) < 4.78 is 0. The van der Waals surface area contributed by atoms with Crippen molar-refractivity contribution in [2.24, 2.45) is 0 Å². The number of hydrogen-bond acceptors (Lipinski definition) is 2. The van der Waals surface area contributed by atoms with Crippen LogP contribution in [0.4, 0.5) is 0 Å². The van der Waals surface area contributed by atoms with E-state index in [4.69, 9.17) is 0 Å². The van der Waals surface area contributed by atoms with Gasteiger partial charge in [0.15, 0.2) is 0 Å². The van der Waals surface area contributed by atoms with Gasteiger partial charge >= 0.3 is 0 Å². The monoisotopic (exact) mass is 260 g/mol. The third-order valence-corrected chi connectivity index (χ3v) is 4.33. The molecule has 106 valence electrons. The summed E-state index contributed by atoms with van der Waals surface area (Å²) in [5.74, 6) is 0. The zero-order chi connectivity index (χ0) is 13.9. The topological polar surface area (TPSA) is 15.3 Å². The minimum atomic E-state index is 0.247. The van der Waals surface area contributed by atoms with E-state index < -0.39 is 0 Å². The van der Waals surface area contributed by atoms with Crippen LogP contribution in [0.15, 0.2) is 24.3 Å². The van der Waals surface area contributed by atoms with Crippen LogP contribution in [0.1, 0.15) is 38.3 Å². The molecule has 0 aliphatic carbocycles. The predicted molar refractivity (Wildman–Crippen MR) is 82.6 cm³/mol. The molecule has 0 saturated carbocycles. The smallest absolute Gasteiger partial charge is 0.0252 e. The van der Waals surface area contributed by atoms with Gasteiger partial charge in [-0.15, -0.1) is 0 Å². The number of nitrogens with one attached hydrogen (secondary N) is 1. The third kappa shape index (κ3) is 3.80. The molecule has 0 radical (unpaired) electrons. The fraction of sp³-hybridized carbons (Fsp3) is 0.647. The van der Waals surface area contributed by atoms with Gasteiger partial charge in [-0.05, 0) is 44.7 Å². The molecule has 1 heterocycles. The molecule has 0 amide bonds. The van der Waals surface area contributed by atoms with Gasteiger partial charge in [0.1, 0.15) is 0 Å². The van der Waals surface area contributed by atoms with Gasteiger partial charge in [-0.3, -0.25) is 4.90 Å². The molecule has 1 aromatic carbocycles. The predicted octanol–water partition coefficient (Wildman–Crippen LogP) is 3.00. The van der Waals surface area contributed by atoms with E-state index >= 15 is 0 Å². The lowest BCUT2D eigenvalue weighted by molar-refractivity contribution is 0.0939. The van der Waals surface area contributed by atoms with Crippen LogP contribution in [-0.2, 0) is 6.42 Å². The SMILES string of the molecule is CCC1CNC(C)(C)CN1CCc1ccccc1C. The van der Waals surface area contributed by atoms with Crippen molar-refractivity contribution in [3.63, 3.8) is 0 Å². The van der Waals surface area contributed by atoms with Crippen molar-refractivity contribution in [1.29, 1.82) is 0 Å². The molecule has 1 aliphatic rings. The Hall–Kier alpha value is -0.860. The summed E-state index contributed by atoms with van der Waals surface area (Å²) in [6.45, 7) is 12.6. The van der Waals surface area contributed by atoms with Gasteiger partial charge in [0.05, 0.1) is 0 Å². The number of nitrogens with zero attached hydrogens (tertiary/aromatic N) is 1. The van der Waals surface area contributed by atoms with E-state index in [0.29, 0.717) is 6.04 Å². The molecule has 0 bridgehead atoms. The Morgan fingerprint density at radius 3 is 2.74 bits per heavy atom. The first kappa shape index (κ1) is 14.5. The zero-order valence-electron chi connectivity index (χ0n) is 12.9. The highest BCUT2D eigenvalue weighted by atomic mass is 15.2. The highest BCUT2D eigenvalue weighted by Gasteiger charge is 2.31. The maximum Gasteiger partial charge on any atom is 0.0252 e. The average molecular weight is 260 g/mol. The van der Waals surface area contributed by atoms with Crippen molar-refractivity contribution in [2.45, 2.75) is 52.1 Å². The van der Waals surface area contributed by atoms with Crippen molar-refractivity contribution in [3.05, 3.63) is 35.4 Å². The number of benzene rings is 1. The van der Waals surface area contributed by atoms with Gasteiger partial charge in [0.25, 0.3) is 0 Å². The van der Waals surface area contributed by atoms with Crippen LogP contribution in [0, 0.1) is 6.92 Å². The molecule has 1 atom stereocenters. The van der Waals surface area contributed by atoms with E-state index in [1.54, 1.807) is 0 Å². The Kier molecular flexibility index (Phi) is 4.64. The lowest BCUT2D eigenvalue weighted by Crippen LogP contribution is -2.61.